The molecule has 1 aliphatic heterocycles. The van der Waals surface area contributed by atoms with Crippen LogP contribution >= 0.6 is 0 Å². The number of ether oxygens (including phenoxy) is 2. The third-order valence-corrected chi connectivity index (χ3v) is 6.15. The second-order valence-electron chi connectivity index (χ2n) is 6.34. The van der Waals surface area contributed by atoms with Gasteiger partial charge in [-0.2, -0.15) is 4.98 Å². The number of hydrogen-bond donors (Lipinski definition) is 0. The Labute approximate surface area is 154 Å². The fraction of sp³-hybridized carbons (Fsp3) is 0.444. The Hall–Kier alpha value is -2.19. The predicted molar refractivity (Wildman–Crippen MR) is 97.6 cm³/mol. The third-order valence-electron chi connectivity index (χ3n) is 4.30. The molecule has 3 rings (SSSR count). The lowest BCUT2D eigenvalue weighted by atomic mass is 10.1. The Morgan fingerprint density at radius 2 is 2.00 bits per heavy atom. The predicted octanol–water partition coefficient (Wildman–Crippen LogP) is 2.17. The smallest absolute Gasteiger partial charge is 0.319 e. The standard InChI is InChI=1S/C18H23N3O4S/c1-14-4-3-5-15(12-14)13-26(22,23)21-10-7-16(8-11-21)25-17-6-9-19-18(20-17)24-2/h3-6,9,12,16H,7-8,10-11,13H2,1-2H3. The fourth-order valence-electron chi connectivity index (χ4n) is 2.99. The van der Waals surface area contributed by atoms with Gasteiger partial charge in [-0.25, -0.2) is 17.7 Å². The van der Waals surface area contributed by atoms with Crippen LogP contribution in [0.25, 0.3) is 0 Å². The molecular formula is C18H23N3O4S. The molecule has 1 aliphatic rings. The second-order valence-corrected chi connectivity index (χ2v) is 8.31. The molecule has 140 valence electrons. The third kappa shape index (κ3) is 4.70. The maximum atomic E-state index is 12.7. The molecule has 8 heteroatoms. The van der Waals surface area contributed by atoms with Crippen molar-refractivity contribution in [2.75, 3.05) is 20.2 Å². The van der Waals surface area contributed by atoms with Crippen molar-refractivity contribution in [2.45, 2.75) is 31.6 Å². The van der Waals surface area contributed by atoms with Gasteiger partial charge < -0.3 is 9.47 Å². The summed E-state index contributed by atoms with van der Waals surface area (Å²) in [6, 6.07) is 9.53. The van der Waals surface area contributed by atoms with E-state index in [1.54, 1.807) is 16.6 Å². The first kappa shape index (κ1) is 18.6. The largest absolute Gasteiger partial charge is 0.474 e. The van der Waals surface area contributed by atoms with Crippen LogP contribution in [0.15, 0.2) is 36.5 Å². The van der Waals surface area contributed by atoms with E-state index in [1.807, 2.05) is 31.2 Å². The van der Waals surface area contributed by atoms with E-state index in [0.717, 1.165) is 11.1 Å². The summed E-state index contributed by atoms with van der Waals surface area (Å²) < 4.78 is 37.7. The minimum absolute atomic E-state index is 0.0311. The lowest BCUT2D eigenvalue weighted by Gasteiger charge is -2.31. The van der Waals surface area contributed by atoms with Crippen LogP contribution in [-0.4, -0.2) is 49.0 Å². The van der Waals surface area contributed by atoms with Gasteiger partial charge >= 0.3 is 6.01 Å². The number of rotatable bonds is 6. The summed E-state index contributed by atoms with van der Waals surface area (Å²) in [5.74, 6) is 0.474. The molecule has 2 aromatic rings. The van der Waals surface area contributed by atoms with Crippen LogP contribution in [0.2, 0.25) is 0 Å². The first-order chi connectivity index (χ1) is 12.5. The highest BCUT2D eigenvalue weighted by Gasteiger charge is 2.29. The molecule has 1 aromatic carbocycles. The number of hydrogen-bond acceptors (Lipinski definition) is 6. The Kier molecular flexibility index (Phi) is 5.73. The number of methoxy groups -OCH3 is 1. The number of piperidine rings is 1. The summed E-state index contributed by atoms with van der Waals surface area (Å²) in [5, 5.41) is 0. The van der Waals surface area contributed by atoms with Gasteiger partial charge in [0.2, 0.25) is 15.9 Å². The van der Waals surface area contributed by atoms with Gasteiger partial charge in [0.25, 0.3) is 0 Å². The van der Waals surface area contributed by atoms with Crippen molar-refractivity contribution in [1.29, 1.82) is 0 Å². The highest BCUT2D eigenvalue weighted by atomic mass is 32.2. The number of benzene rings is 1. The van der Waals surface area contributed by atoms with Crippen molar-refractivity contribution in [3.8, 4) is 11.9 Å². The molecule has 0 amide bonds. The van der Waals surface area contributed by atoms with Crippen LogP contribution in [0.3, 0.4) is 0 Å². The summed E-state index contributed by atoms with van der Waals surface area (Å²) in [7, 11) is -1.83. The topological polar surface area (TPSA) is 81.6 Å². The monoisotopic (exact) mass is 377 g/mol. The molecule has 0 atom stereocenters. The highest BCUT2D eigenvalue weighted by Crippen LogP contribution is 2.22. The van der Waals surface area contributed by atoms with Crippen LogP contribution in [0.1, 0.15) is 24.0 Å². The molecule has 0 N–H and O–H groups in total. The quantitative estimate of drug-likeness (QED) is 0.767. The van der Waals surface area contributed by atoms with Crippen molar-refractivity contribution in [1.82, 2.24) is 14.3 Å². The number of sulfonamides is 1. The first-order valence-electron chi connectivity index (χ1n) is 8.53. The molecule has 0 saturated carbocycles. The van der Waals surface area contributed by atoms with E-state index in [2.05, 4.69) is 9.97 Å². The van der Waals surface area contributed by atoms with Crippen molar-refractivity contribution >= 4 is 10.0 Å². The molecule has 7 nitrogen and oxygen atoms in total. The van der Waals surface area contributed by atoms with E-state index in [0.29, 0.717) is 31.8 Å². The molecule has 1 saturated heterocycles. The second kappa shape index (κ2) is 8.01. The van der Waals surface area contributed by atoms with E-state index < -0.39 is 10.0 Å². The van der Waals surface area contributed by atoms with Crippen LogP contribution in [0.4, 0.5) is 0 Å². The highest BCUT2D eigenvalue weighted by molar-refractivity contribution is 7.88. The molecular weight excluding hydrogens is 354 g/mol. The SMILES string of the molecule is COc1nccc(OC2CCN(S(=O)(=O)Cc3cccc(C)c3)CC2)n1. The first-order valence-corrected chi connectivity index (χ1v) is 10.1. The Morgan fingerprint density at radius 1 is 1.23 bits per heavy atom. The molecule has 1 aromatic heterocycles. The van der Waals surface area contributed by atoms with Gasteiger partial charge in [-0.1, -0.05) is 29.8 Å². The van der Waals surface area contributed by atoms with Gasteiger partial charge in [0.15, 0.2) is 0 Å². The minimum atomic E-state index is -3.33. The number of nitrogens with zero attached hydrogens (tertiary/aromatic N) is 3. The Balaban J connectivity index is 1.57. The van der Waals surface area contributed by atoms with Crippen molar-refractivity contribution < 1.29 is 17.9 Å². The molecule has 0 radical (unpaired) electrons. The van der Waals surface area contributed by atoms with Gasteiger partial charge in [0.05, 0.1) is 12.9 Å². The summed E-state index contributed by atoms with van der Waals surface area (Å²) >= 11 is 0. The average Bonchev–Trinajstić information content (AvgIpc) is 2.62. The molecule has 0 aliphatic carbocycles. The van der Waals surface area contributed by atoms with E-state index in [-0.39, 0.29) is 17.9 Å². The number of aromatic nitrogens is 2. The van der Waals surface area contributed by atoms with Crippen LogP contribution in [-0.2, 0) is 15.8 Å². The van der Waals surface area contributed by atoms with Gasteiger partial charge in [-0.3, -0.25) is 0 Å². The molecule has 0 spiro atoms. The van der Waals surface area contributed by atoms with Crippen molar-refractivity contribution in [3.05, 3.63) is 47.7 Å². The lowest BCUT2D eigenvalue weighted by molar-refractivity contribution is 0.128. The number of aryl methyl sites for hydroxylation is 1. The molecule has 2 heterocycles. The van der Waals surface area contributed by atoms with E-state index >= 15 is 0 Å². The van der Waals surface area contributed by atoms with Crippen LogP contribution < -0.4 is 9.47 Å². The summed E-state index contributed by atoms with van der Waals surface area (Å²) in [6.07, 6.45) is 2.75. The Morgan fingerprint density at radius 3 is 2.69 bits per heavy atom. The minimum Gasteiger partial charge on any atom is -0.474 e. The van der Waals surface area contributed by atoms with Gasteiger partial charge in [-0.05, 0) is 25.3 Å². The van der Waals surface area contributed by atoms with E-state index in [9.17, 15) is 8.42 Å². The summed E-state index contributed by atoms with van der Waals surface area (Å²) in [4.78, 5) is 8.07. The molecule has 0 bridgehead atoms. The van der Waals surface area contributed by atoms with Gasteiger partial charge in [0.1, 0.15) is 6.10 Å². The zero-order valence-corrected chi connectivity index (χ0v) is 15.8. The van der Waals surface area contributed by atoms with Gasteiger partial charge in [0, 0.05) is 25.4 Å². The van der Waals surface area contributed by atoms with E-state index in [1.165, 1.54) is 7.11 Å². The van der Waals surface area contributed by atoms with Gasteiger partial charge in [-0.15, -0.1) is 0 Å². The molecule has 1 fully saturated rings. The van der Waals surface area contributed by atoms with Crippen molar-refractivity contribution in [3.63, 3.8) is 0 Å². The zero-order chi connectivity index (χ0) is 18.6. The fourth-order valence-corrected chi connectivity index (χ4v) is 4.54. The maximum absolute atomic E-state index is 12.7. The lowest BCUT2D eigenvalue weighted by Crippen LogP contribution is -2.42. The maximum Gasteiger partial charge on any atom is 0.319 e. The summed E-state index contributed by atoms with van der Waals surface area (Å²) in [6.45, 7) is 2.85. The van der Waals surface area contributed by atoms with Crippen LogP contribution in [0, 0.1) is 6.92 Å². The Bertz CT molecular complexity index is 849. The average molecular weight is 377 g/mol. The molecule has 0 unspecified atom stereocenters. The van der Waals surface area contributed by atoms with Crippen LogP contribution in [0.5, 0.6) is 11.9 Å². The summed E-state index contributed by atoms with van der Waals surface area (Å²) in [5.41, 5.74) is 1.88. The molecule has 26 heavy (non-hydrogen) atoms. The van der Waals surface area contributed by atoms with E-state index in [4.69, 9.17) is 9.47 Å². The van der Waals surface area contributed by atoms with Crippen molar-refractivity contribution in [2.24, 2.45) is 0 Å². The normalized spacial score (nSPS) is 16.4. The zero-order valence-electron chi connectivity index (χ0n) is 15.0.